The number of rotatable bonds is 5. The van der Waals surface area contributed by atoms with Crippen LogP contribution in [0.2, 0.25) is 0 Å². The van der Waals surface area contributed by atoms with Gasteiger partial charge in [0.05, 0.1) is 18.6 Å². The van der Waals surface area contributed by atoms with Crippen molar-refractivity contribution in [3.05, 3.63) is 34.3 Å². The standard InChI is InChI=1S/C18H25BrN2O3/c1-3-16(13-7-9-15(19)10-8-13)20-17(22)14-6-5-11-21(12-14)18(23)24-4-2/h7-10,14,16H,3-6,11-12H2,1-2H3,(H,20,22). The quantitative estimate of drug-likeness (QED) is 0.820. The molecule has 0 saturated carbocycles. The summed E-state index contributed by atoms with van der Waals surface area (Å²) in [5.41, 5.74) is 1.09. The Morgan fingerprint density at radius 3 is 2.67 bits per heavy atom. The number of piperidine rings is 1. The van der Waals surface area contributed by atoms with Crippen molar-refractivity contribution in [1.29, 1.82) is 0 Å². The highest BCUT2D eigenvalue weighted by Crippen LogP contribution is 2.22. The molecule has 1 heterocycles. The van der Waals surface area contributed by atoms with Crippen LogP contribution in [0, 0.1) is 5.92 Å². The average molecular weight is 397 g/mol. The number of hydrogen-bond donors (Lipinski definition) is 1. The van der Waals surface area contributed by atoms with Crippen molar-refractivity contribution in [3.8, 4) is 0 Å². The second-order valence-electron chi connectivity index (χ2n) is 6.01. The predicted octanol–water partition coefficient (Wildman–Crippen LogP) is 3.88. The number of ether oxygens (including phenoxy) is 1. The van der Waals surface area contributed by atoms with E-state index in [2.05, 4.69) is 28.2 Å². The number of carbonyl (C=O) groups excluding carboxylic acids is 2. The minimum atomic E-state index is -0.324. The minimum Gasteiger partial charge on any atom is -0.450 e. The zero-order chi connectivity index (χ0) is 17.5. The van der Waals surface area contributed by atoms with Gasteiger partial charge in [-0.1, -0.05) is 35.0 Å². The van der Waals surface area contributed by atoms with E-state index in [1.165, 1.54) is 0 Å². The molecule has 1 aromatic rings. The van der Waals surface area contributed by atoms with E-state index >= 15 is 0 Å². The van der Waals surface area contributed by atoms with Gasteiger partial charge >= 0.3 is 6.09 Å². The number of benzene rings is 1. The third kappa shape index (κ3) is 4.97. The molecule has 1 aromatic carbocycles. The maximum atomic E-state index is 12.6. The minimum absolute atomic E-state index is 0.0106. The number of likely N-dealkylation sites (tertiary alicyclic amines) is 1. The van der Waals surface area contributed by atoms with Gasteiger partial charge in [0.2, 0.25) is 5.91 Å². The van der Waals surface area contributed by atoms with Crippen molar-refractivity contribution in [3.63, 3.8) is 0 Å². The average Bonchev–Trinajstić information content (AvgIpc) is 2.60. The molecule has 1 aliphatic rings. The molecule has 24 heavy (non-hydrogen) atoms. The van der Waals surface area contributed by atoms with Gasteiger partial charge in [0.1, 0.15) is 0 Å². The fraction of sp³-hybridized carbons (Fsp3) is 0.556. The lowest BCUT2D eigenvalue weighted by Gasteiger charge is -2.32. The Balaban J connectivity index is 1.97. The second kappa shape index (κ2) is 9.06. The Kier molecular flexibility index (Phi) is 7.09. The Hall–Kier alpha value is -1.56. The van der Waals surface area contributed by atoms with Gasteiger partial charge in [-0.15, -0.1) is 0 Å². The van der Waals surface area contributed by atoms with Crippen molar-refractivity contribution in [2.24, 2.45) is 5.92 Å². The smallest absolute Gasteiger partial charge is 0.409 e. The van der Waals surface area contributed by atoms with Gasteiger partial charge in [-0.3, -0.25) is 4.79 Å². The van der Waals surface area contributed by atoms with E-state index in [0.29, 0.717) is 19.7 Å². The van der Waals surface area contributed by atoms with Crippen molar-refractivity contribution >= 4 is 27.9 Å². The summed E-state index contributed by atoms with van der Waals surface area (Å²) < 4.78 is 6.06. The Labute approximate surface area is 151 Å². The van der Waals surface area contributed by atoms with Crippen molar-refractivity contribution < 1.29 is 14.3 Å². The van der Waals surface area contributed by atoms with Crippen molar-refractivity contribution in [1.82, 2.24) is 10.2 Å². The van der Waals surface area contributed by atoms with Crippen LogP contribution in [-0.4, -0.2) is 36.6 Å². The summed E-state index contributed by atoms with van der Waals surface area (Å²) in [6.45, 7) is 5.29. The number of amides is 2. The first-order chi connectivity index (χ1) is 11.5. The fourth-order valence-electron chi connectivity index (χ4n) is 2.98. The molecular formula is C18H25BrN2O3. The molecule has 1 N–H and O–H groups in total. The second-order valence-corrected chi connectivity index (χ2v) is 6.92. The fourth-order valence-corrected chi connectivity index (χ4v) is 3.24. The third-order valence-electron chi connectivity index (χ3n) is 4.32. The third-order valence-corrected chi connectivity index (χ3v) is 4.84. The summed E-state index contributed by atoms with van der Waals surface area (Å²) >= 11 is 3.43. The van der Waals surface area contributed by atoms with Gasteiger partial charge in [0.15, 0.2) is 0 Å². The molecule has 1 fully saturated rings. The summed E-state index contributed by atoms with van der Waals surface area (Å²) in [6.07, 6.45) is 2.13. The molecule has 0 bridgehead atoms. The lowest BCUT2D eigenvalue weighted by molar-refractivity contribution is -0.127. The van der Waals surface area contributed by atoms with Gasteiger partial charge in [0.25, 0.3) is 0 Å². The van der Waals surface area contributed by atoms with E-state index in [-0.39, 0.29) is 24.0 Å². The van der Waals surface area contributed by atoms with E-state index in [1.807, 2.05) is 24.3 Å². The molecule has 132 valence electrons. The largest absolute Gasteiger partial charge is 0.450 e. The van der Waals surface area contributed by atoms with Crippen LogP contribution in [0.1, 0.15) is 44.7 Å². The Bertz CT molecular complexity index is 562. The summed E-state index contributed by atoms with van der Waals surface area (Å²) in [7, 11) is 0. The zero-order valence-electron chi connectivity index (χ0n) is 14.3. The molecule has 0 aliphatic carbocycles. The lowest BCUT2D eigenvalue weighted by Crippen LogP contribution is -2.46. The highest BCUT2D eigenvalue weighted by Gasteiger charge is 2.30. The van der Waals surface area contributed by atoms with Gasteiger partial charge in [0, 0.05) is 17.6 Å². The Morgan fingerprint density at radius 2 is 2.04 bits per heavy atom. The van der Waals surface area contributed by atoms with Gasteiger partial charge in [-0.2, -0.15) is 0 Å². The molecule has 2 atom stereocenters. The van der Waals surface area contributed by atoms with Gasteiger partial charge in [-0.25, -0.2) is 4.79 Å². The number of hydrogen-bond acceptors (Lipinski definition) is 3. The number of halogens is 1. The molecule has 0 aromatic heterocycles. The van der Waals surface area contributed by atoms with Crippen molar-refractivity contribution in [2.75, 3.05) is 19.7 Å². The van der Waals surface area contributed by atoms with Crippen molar-refractivity contribution in [2.45, 2.75) is 39.2 Å². The van der Waals surface area contributed by atoms with E-state index in [1.54, 1.807) is 11.8 Å². The highest BCUT2D eigenvalue weighted by atomic mass is 79.9. The monoisotopic (exact) mass is 396 g/mol. The van der Waals surface area contributed by atoms with Gasteiger partial charge in [-0.05, 0) is 43.9 Å². The molecule has 0 spiro atoms. The summed E-state index contributed by atoms with van der Waals surface area (Å²) in [5, 5.41) is 3.13. The van der Waals surface area contributed by atoms with Crippen LogP contribution in [0.4, 0.5) is 4.79 Å². The molecule has 2 amide bonds. The van der Waals surface area contributed by atoms with Gasteiger partial charge < -0.3 is 15.0 Å². The highest BCUT2D eigenvalue weighted by molar-refractivity contribution is 9.10. The first kappa shape index (κ1) is 18.8. The lowest BCUT2D eigenvalue weighted by atomic mass is 9.96. The maximum Gasteiger partial charge on any atom is 0.409 e. The molecule has 2 rings (SSSR count). The number of nitrogens with one attached hydrogen (secondary N) is 1. The van der Waals surface area contributed by atoms with E-state index in [9.17, 15) is 9.59 Å². The first-order valence-electron chi connectivity index (χ1n) is 8.52. The van der Waals surface area contributed by atoms with Crippen LogP contribution < -0.4 is 5.32 Å². The number of nitrogens with zero attached hydrogens (tertiary/aromatic N) is 1. The van der Waals surface area contributed by atoms with Crippen LogP contribution >= 0.6 is 15.9 Å². The van der Waals surface area contributed by atoms with E-state index < -0.39 is 0 Å². The molecule has 5 nitrogen and oxygen atoms in total. The summed E-state index contributed by atoms with van der Waals surface area (Å²) in [6, 6.07) is 7.98. The predicted molar refractivity (Wildman–Crippen MR) is 96.6 cm³/mol. The Morgan fingerprint density at radius 1 is 1.33 bits per heavy atom. The summed E-state index contributed by atoms with van der Waals surface area (Å²) in [5.74, 6) is -0.161. The van der Waals surface area contributed by atoms with Crippen LogP contribution in [-0.2, 0) is 9.53 Å². The first-order valence-corrected chi connectivity index (χ1v) is 9.32. The normalized spacial score (nSPS) is 18.8. The molecule has 2 unspecified atom stereocenters. The molecule has 1 aliphatic heterocycles. The van der Waals surface area contributed by atoms with E-state index in [0.717, 1.165) is 29.3 Å². The van der Waals surface area contributed by atoms with Crippen LogP contribution in [0.25, 0.3) is 0 Å². The molecule has 0 radical (unpaired) electrons. The van der Waals surface area contributed by atoms with E-state index in [4.69, 9.17) is 4.74 Å². The SMILES string of the molecule is CCOC(=O)N1CCCC(C(=O)NC(CC)c2ccc(Br)cc2)C1. The maximum absolute atomic E-state index is 12.6. The molecule has 6 heteroatoms. The zero-order valence-corrected chi connectivity index (χ0v) is 15.8. The van der Waals surface area contributed by atoms with Crippen LogP contribution in [0.15, 0.2) is 28.7 Å². The summed E-state index contributed by atoms with van der Waals surface area (Å²) in [4.78, 5) is 26.1. The number of carbonyl (C=O) groups is 2. The van der Waals surface area contributed by atoms with Crippen LogP contribution in [0.5, 0.6) is 0 Å². The topological polar surface area (TPSA) is 58.6 Å². The molecular weight excluding hydrogens is 372 g/mol. The molecule has 1 saturated heterocycles. The van der Waals surface area contributed by atoms with Crippen LogP contribution in [0.3, 0.4) is 0 Å².